The number of anilines is 1. The van der Waals surface area contributed by atoms with E-state index in [4.69, 9.17) is 11.6 Å². The monoisotopic (exact) mass is 317 g/mol. The predicted octanol–water partition coefficient (Wildman–Crippen LogP) is 3.79. The number of Topliss-reactive ketones (excluding diaryl/α,β-unsaturated/α-hetero) is 1. The van der Waals surface area contributed by atoms with Crippen molar-refractivity contribution in [2.75, 3.05) is 5.32 Å². The van der Waals surface area contributed by atoms with Crippen molar-refractivity contribution in [1.82, 2.24) is 0 Å². The number of aliphatic carboxylic acids is 1. The summed E-state index contributed by atoms with van der Waals surface area (Å²) in [5.74, 6) is -1.31. The zero-order valence-electron chi connectivity index (χ0n) is 12.0. The molecule has 2 aromatic rings. The fraction of sp³-hybridized carbons (Fsp3) is 0.176. The normalized spacial score (nSPS) is 11.7. The average molecular weight is 318 g/mol. The summed E-state index contributed by atoms with van der Waals surface area (Å²) in [6, 6.07) is 12.8. The summed E-state index contributed by atoms with van der Waals surface area (Å²) in [5.41, 5.74) is 1.97. The molecule has 0 aliphatic rings. The molecule has 0 fully saturated rings. The number of nitrogens with one attached hydrogen (secondary N) is 1. The number of carbonyl (C=O) groups excluding carboxylic acids is 1. The minimum atomic E-state index is -1.08. The Morgan fingerprint density at radius 3 is 2.45 bits per heavy atom. The Morgan fingerprint density at radius 1 is 1.18 bits per heavy atom. The number of halogens is 1. The van der Waals surface area contributed by atoms with Crippen LogP contribution in [0.25, 0.3) is 0 Å². The lowest BCUT2D eigenvalue weighted by atomic mass is 10.0. The highest BCUT2D eigenvalue weighted by atomic mass is 35.5. The molecule has 114 valence electrons. The number of aryl methyl sites for hydroxylation is 1. The zero-order chi connectivity index (χ0) is 16.1. The molecule has 4 nitrogen and oxygen atoms in total. The van der Waals surface area contributed by atoms with E-state index in [-0.39, 0.29) is 12.2 Å². The number of carboxylic acids is 1. The number of hydrogen-bond acceptors (Lipinski definition) is 3. The Balaban J connectivity index is 2.12. The van der Waals surface area contributed by atoms with E-state index in [0.717, 1.165) is 5.56 Å². The van der Waals surface area contributed by atoms with Gasteiger partial charge in [0, 0.05) is 22.7 Å². The molecule has 2 aromatic carbocycles. The van der Waals surface area contributed by atoms with E-state index >= 15 is 0 Å². The third kappa shape index (κ3) is 4.09. The van der Waals surface area contributed by atoms with Gasteiger partial charge in [-0.25, -0.2) is 4.79 Å². The number of carboxylic acid groups (broad SMARTS) is 1. The van der Waals surface area contributed by atoms with Crippen LogP contribution in [0.4, 0.5) is 5.69 Å². The molecule has 2 rings (SSSR count). The maximum atomic E-state index is 12.1. The summed E-state index contributed by atoms with van der Waals surface area (Å²) in [7, 11) is 0. The molecule has 22 heavy (non-hydrogen) atoms. The van der Waals surface area contributed by atoms with Crippen molar-refractivity contribution in [3.8, 4) is 0 Å². The van der Waals surface area contributed by atoms with Gasteiger partial charge >= 0.3 is 5.97 Å². The highest BCUT2D eigenvalue weighted by Crippen LogP contribution is 2.21. The first-order valence-corrected chi connectivity index (χ1v) is 7.19. The number of hydrogen-bond donors (Lipinski definition) is 2. The smallest absolute Gasteiger partial charge is 0.326 e. The Labute approximate surface area is 133 Å². The zero-order valence-corrected chi connectivity index (χ0v) is 12.8. The van der Waals surface area contributed by atoms with Crippen LogP contribution in [0.2, 0.25) is 5.02 Å². The van der Waals surface area contributed by atoms with Gasteiger partial charge in [-0.1, -0.05) is 48.0 Å². The number of rotatable bonds is 6. The van der Waals surface area contributed by atoms with E-state index in [2.05, 4.69) is 5.32 Å². The van der Waals surface area contributed by atoms with Crippen LogP contribution >= 0.6 is 11.6 Å². The number of ketones is 1. The molecule has 0 aliphatic heterocycles. The van der Waals surface area contributed by atoms with Crippen molar-refractivity contribution in [1.29, 1.82) is 0 Å². The molecule has 0 saturated carbocycles. The molecule has 0 aliphatic carbocycles. The van der Waals surface area contributed by atoms with Crippen molar-refractivity contribution in [2.24, 2.45) is 0 Å². The summed E-state index contributed by atoms with van der Waals surface area (Å²) in [6.07, 6.45) is -0.134. The topological polar surface area (TPSA) is 66.4 Å². The second-order valence-corrected chi connectivity index (χ2v) is 5.40. The summed E-state index contributed by atoms with van der Waals surface area (Å²) < 4.78 is 0. The fourth-order valence-corrected chi connectivity index (χ4v) is 2.19. The molecule has 0 heterocycles. The quantitative estimate of drug-likeness (QED) is 0.796. The van der Waals surface area contributed by atoms with E-state index < -0.39 is 12.0 Å². The van der Waals surface area contributed by atoms with Crippen molar-refractivity contribution in [3.05, 3.63) is 64.7 Å². The third-order valence-electron chi connectivity index (χ3n) is 3.30. The summed E-state index contributed by atoms with van der Waals surface area (Å²) in [4.78, 5) is 23.5. The maximum absolute atomic E-state index is 12.1. The van der Waals surface area contributed by atoms with E-state index in [9.17, 15) is 14.7 Å². The molecule has 0 spiro atoms. The molecule has 0 bridgehead atoms. The first-order valence-electron chi connectivity index (χ1n) is 6.81. The first-order chi connectivity index (χ1) is 10.5. The van der Waals surface area contributed by atoms with Crippen LogP contribution in [-0.2, 0) is 4.79 Å². The van der Waals surface area contributed by atoms with Gasteiger partial charge in [0.2, 0.25) is 0 Å². The van der Waals surface area contributed by atoms with Gasteiger partial charge in [0.05, 0.1) is 0 Å². The summed E-state index contributed by atoms with van der Waals surface area (Å²) in [6.45, 7) is 1.86. The fourth-order valence-electron chi connectivity index (χ4n) is 2.01. The molecule has 2 N–H and O–H groups in total. The highest BCUT2D eigenvalue weighted by Gasteiger charge is 2.22. The van der Waals surface area contributed by atoms with Crippen molar-refractivity contribution >= 4 is 29.0 Å². The Hall–Kier alpha value is -2.33. The average Bonchev–Trinajstić information content (AvgIpc) is 2.51. The SMILES string of the molecule is Cc1ccc(N[C@H](CC(=O)c2ccccc2)C(=O)O)cc1Cl. The molecule has 0 amide bonds. The molecular weight excluding hydrogens is 302 g/mol. The van der Waals surface area contributed by atoms with Gasteiger partial charge in [0.1, 0.15) is 6.04 Å². The van der Waals surface area contributed by atoms with E-state index in [1.54, 1.807) is 48.5 Å². The van der Waals surface area contributed by atoms with E-state index in [1.165, 1.54) is 0 Å². The van der Waals surface area contributed by atoms with Gasteiger partial charge in [0.25, 0.3) is 0 Å². The molecule has 0 aromatic heterocycles. The molecule has 0 radical (unpaired) electrons. The Morgan fingerprint density at radius 2 is 1.86 bits per heavy atom. The molecular formula is C17H16ClNO3. The summed E-state index contributed by atoms with van der Waals surface area (Å²) >= 11 is 6.02. The molecule has 0 unspecified atom stereocenters. The minimum absolute atomic E-state index is 0.134. The van der Waals surface area contributed by atoms with Crippen LogP contribution in [0.15, 0.2) is 48.5 Å². The van der Waals surface area contributed by atoms with E-state index in [0.29, 0.717) is 16.3 Å². The van der Waals surface area contributed by atoms with Crippen molar-refractivity contribution in [3.63, 3.8) is 0 Å². The summed E-state index contributed by atoms with van der Waals surface area (Å²) in [5, 5.41) is 12.7. The molecule has 5 heteroatoms. The lowest BCUT2D eigenvalue weighted by Crippen LogP contribution is -2.31. The number of benzene rings is 2. The van der Waals surface area contributed by atoms with Gasteiger partial charge in [-0.15, -0.1) is 0 Å². The van der Waals surface area contributed by atoms with Crippen LogP contribution in [0.3, 0.4) is 0 Å². The lowest BCUT2D eigenvalue weighted by molar-refractivity contribution is -0.137. The maximum Gasteiger partial charge on any atom is 0.326 e. The van der Waals surface area contributed by atoms with E-state index in [1.807, 2.05) is 6.92 Å². The second kappa shape index (κ2) is 7.09. The van der Waals surface area contributed by atoms with Crippen LogP contribution in [0, 0.1) is 6.92 Å². The molecule has 1 atom stereocenters. The Kier molecular flexibility index (Phi) is 5.17. The van der Waals surface area contributed by atoms with Crippen molar-refractivity contribution < 1.29 is 14.7 Å². The van der Waals surface area contributed by atoms with Crippen LogP contribution in [0.5, 0.6) is 0 Å². The van der Waals surface area contributed by atoms with Gasteiger partial charge in [0.15, 0.2) is 5.78 Å². The van der Waals surface area contributed by atoms with Gasteiger partial charge < -0.3 is 10.4 Å². The standard InChI is InChI=1S/C17H16ClNO3/c1-11-7-8-13(9-14(11)18)19-15(17(21)22)10-16(20)12-5-3-2-4-6-12/h2-9,15,19H,10H2,1H3,(H,21,22)/t15-/m1/s1. The minimum Gasteiger partial charge on any atom is -0.480 e. The van der Waals surface area contributed by atoms with Gasteiger partial charge in [-0.05, 0) is 24.6 Å². The predicted molar refractivity (Wildman–Crippen MR) is 86.6 cm³/mol. The Bertz CT molecular complexity index is 686. The number of carbonyl (C=O) groups is 2. The van der Waals surface area contributed by atoms with Crippen molar-refractivity contribution in [2.45, 2.75) is 19.4 Å². The largest absolute Gasteiger partial charge is 0.480 e. The molecule has 0 saturated heterocycles. The van der Waals surface area contributed by atoms with Crippen LogP contribution in [0.1, 0.15) is 22.3 Å². The van der Waals surface area contributed by atoms with Crippen LogP contribution < -0.4 is 5.32 Å². The second-order valence-electron chi connectivity index (χ2n) is 4.99. The van der Waals surface area contributed by atoms with Gasteiger partial charge in [-0.2, -0.15) is 0 Å². The van der Waals surface area contributed by atoms with Crippen LogP contribution in [-0.4, -0.2) is 22.9 Å². The van der Waals surface area contributed by atoms with Gasteiger partial charge in [-0.3, -0.25) is 4.79 Å². The highest BCUT2D eigenvalue weighted by molar-refractivity contribution is 6.31. The third-order valence-corrected chi connectivity index (χ3v) is 3.70. The first kappa shape index (κ1) is 16.0. The lowest BCUT2D eigenvalue weighted by Gasteiger charge is -2.16.